The molecule has 0 amide bonds. The fourth-order valence-electron chi connectivity index (χ4n) is 4.23. The summed E-state index contributed by atoms with van der Waals surface area (Å²) in [4.78, 5) is 12.5. The first-order valence-corrected chi connectivity index (χ1v) is 11.4. The number of aliphatic imine (C=N–C) groups is 1. The third-order valence-corrected chi connectivity index (χ3v) is 6.02. The molecular formula is C24H40IN5. The molecule has 1 unspecified atom stereocenters. The summed E-state index contributed by atoms with van der Waals surface area (Å²) in [6.45, 7) is 17.6. The molecule has 1 saturated heterocycles. The minimum atomic E-state index is 0. The van der Waals surface area contributed by atoms with E-state index in [1.54, 1.807) is 0 Å². The lowest BCUT2D eigenvalue weighted by Crippen LogP contribution is -2.47. The summed E-state index contributed by atoms with van der Waals surface area (Å²) in [6.07, 6.45) is 3.44. The van der Waals surface area contributed by atoms with E-state index in [1.807, 2.05) is 0 Å². The van der Waals surface area contributed by atoms with Crippen molar-refractivity contribution in [2.75, 3.05) is 65.4 Å². The molecule has 1 aromatic carbocycles. The standard InChI is InChI=1S/C24H39N5.HI/c1-4-25-24(26-19-21(3)20-28-17-15-27(5-2)16-18-28)29-13-11-23(12-14-29)22-9-7-6-8-10-22;/h6-11,21H,4-5,12-20H2,1-3H3,(H,25,26);1H. The molecule has 0 saturated carbocycles. The Morgan fingerprint density at radius 3 is 2.33 bits per heavy atom. The Morgan fingerprint density at radius 1 is 1.03 bits per heavy atom. The molecule has 168 valence electrons. The van der Waals surface area contributed by atoms with Gasteiger partial charge in [-0.15, -0.1) is 24.0 Å². The highest BCUT2D eigenvalue weighted by Gasteiger charge is 2.19. The van der Waals surface area contributed by atoms with Crippen molar-refractivity contribution in [3.05, 3.63) is 42.0 Å². The SMILES string of the molecule is CCNC(=NCC(C)CN1CCN(CC)CC1)N1CC=C(c2ccccc2)CC1.I. The van der Waals surface area contributed by atoms with Crippen molar-refractivity contribution >= 4 is 35.5 Å². The number of hydrogen-bond acceptors (Lipinski definition) is 3. The van der Waals surface area contributed by atoms with Gasteiger partial charge in [-0.05, 0) is 36.9 Å². The van der Waals surface area contributed by atoms with Crippen LogP contribution in [0.5, 0.6) is 0 Å². The second kappa shape index (κ2) is 13.3. The van der Waals surface area contributed by atoms with E-state index in [9.17, 15) is 0 Å². The van der Waals surface area contributed by atoms with Crippen LogP contribution in [0.25, 0.3) is 5.57 Å². The number of guanidine groups is 1. The van der Waals surface area contributed by atoms with Gasteiger partial charge in [0.2, 0.25) is 0 Å². The minimum absolute atomic E-state index is 0. The van der Waals surface area contributed by atoms with Gasteiger partial charge in [-0.2, -0.15) is 0 Å². The summed E-state index contributed by atoms with van der Waals surface area (Å²) in [5.41, 5.74) is 2.81. The second-order valence-corrected chi connectivity index (χ2v) is 8.33. The lowest BCUT2D eigenvalue weighted by atomic mass is 10.00. The summed E-state index contributed by atoms with van der Waals surface area (Å²) >= 11 is 0. The fraction of sp³-hybridized carbons (Fsp3) is 0.625. The van der Waals surface area contributed by atoms with Gasteiger partial charge in [0.25, 0.3) is 0 Å². The van der Waals surface area contributed by atoms with Crippen LogP contribution in [0, 0.1) is 5.92 Å². The number of likely N-dealkylation sites (N-methyl/N-ethyl adjacent to an activating group) is 1. The van der Waals surface area contributed by atoms with Gasteiger partial charge in [-0.3, -0.25) is 4.99 Å². The van der Waals surface area contributed by atoms with Crippen LogP contribution >= 0.6 is 24.0 Å². The zero-order valence-electron chi connectivity index (χ0n) is 19.0. The third-order valence-electron chi connectivity index (χ3n) is 6.02. The third kappa shape index (κ3) is 7.54. The van der Waals surface area contributed by atoms with Crippen LogP contribution in [0.2, 0.25) is 0 Å². The molecule has 3 rings (SSSR count). The number of rotatable bonds is 7. The number of hydrogen-bond donors (Lipinski definition) is 1. The lowest BCUT2D eigenvalue weighted by molar-refractivity contribution is 0.125. The molecule has 1 N–H and O–H groups in total. The maximum Gasteiger partial charge on any atom is 0.194 e. The molecule has 6 heteroatoms. The maximum absolute atomic E-state index is 5.00. The summed E-state index contributed by atoms with van der Waals surface area (Å²) in [7, 11) is 0. The van der Waals surface area contributed by atoms with E-state index in [1.165, 1.54) is 43.9 Å². The van der Waals surface area contributed by atoms with Crippen molar-refractivity contribution in [1.29, 1.82) is 0 Å². The van der Waals surface area contributed by atoms with Gasteiger partial charge in [0.15, 0.2) is 5.96 Å². The van der Waals surface area contributed by atoms with Gasteiger partial charge in [-0.1, -0.05) is 50.3 Å². The van der Waals surface area contributed by atoms with E-state index in [-0.39, 0.29) is 24.0 Å². The Bertz CT molecular complexity index is 667. The Hall–Kier alpha value is -1.12. The van der Waals surface area contributed by atoms with Crippen molar-refractivity contribution in [3.8, 4) is 0 Å². The predicted molar refractivity (Wildman–Crippen MR) is 140 cm³/mol. The van der Waals surface area contributed by atoms with E-state index in [0.29, 0.717) is 5.92 Å². The van der Waals surface area contributed by atoms with Crippen molar-refractivity contribution in [2.45, 2.75) is 27.2 Å². The molecule has 2 aliphatic heterocycles. The molecule has 0 aromatic heterocycles. The average molecular weight is 526 g/mol. The molecule has 2 heterocycles. The lowest BCUT2D eigenvalue weighted by Gasteiger charge is -2.35. The van der Waals surface area contributed by atoms with Crippen molar-refractivity contribution in [1.82, 2.24) is 20.0 Å². The zero-order valence-corrected chi connectivity index (χ0v) is 21.3. The first kappa shape index (κ1) is 25.1. The topological polar surface area (TPSA) is 34.1 Å². The maximum atomic E-state index is 5.00. The number of halogens is 1. The molecular weight excluding hydrogens is 485 g/mol. The molecule has 1 fully saturated rings. The first-order chi connectivity index (χ1) is 14.2. The average Bonchev–Trinajstić information content (AvgIpc) is 2.78. The van der Waals surface area contributed by atoms with Crippen molar-refractivity contribution < 1.29 is 0 Å². The van der Waals surface area contributed by atoms with E-state index in [4.69, 9.17) is 4.99 Å². The normalized spacial score (nSPS) is 19.8. The monoisotopic (exact) mass is 525 g/mol. The van der Waals surface area contributed by atoms with Crippen LogP contribution < -0.4 is 5.32 Å². The molecule has 1 aromatic rings. The largest absolute Gasteiger partial charge is 0.357 e. The highest BCUT2D eigenvalue weighted by atomic mass is 127. The Kier molecular flexibility index (Phi) is 11.2. The van der Waals surface area contributed by atoms with Crippen LogP contribution in [0.4, 0.5) is 0 Å². The smallest absolute Gasteiger partial charge is 0.194 e. The highest BCUT2D eigenvalue weighted by Crippen LogP contribution is 2.22. The number of benzene rings is 1. The van der Waals surface area contributed by atoms with E-state index < -0.39 is 0 Å². The van der Waals surface area contributed by atoms with Gasteiger partial charge < -0.3 is 20.0 Å². The van der Waals surface area contributed by atoms with Gasteiger partial charge in [0, 0.05) is 58.9 Å². The molecule has 30 heavy (non-hydrogen) atoms. The minimum Gasteiger partial charge on any atom is -0.357 e. The van der Waals surface area contributed by atoms with Gasteiger partial charge in [0.1, 0.15) is 0 Å². The van der Waals surface area contributed by atoms with Crippen LogP contribution in [-0.2, 0) is 0 Å². The summed E-state index contributed by atoms with van der Waals surface area (Å²) in [6, 6.07) is 10.8. The second-order valence-electron chi connectivity index (χ2n) is 8.33. The number of nitrogens with zero attached hydrogens (tertiary/aromatic N) is 4. The van der Waals surface area contributed by atoms with Gasteiger partial charge >= 0.3 is 0 Å². The molecule has 1 atom stereocenters. The first-order valence-electron chi connectivity index (χ1n) is 11.4. The molecule has 2 aliphatic rings. The van der Waals surface area contributed by atoms with Crippen LogP contribution in [0.1, 0.15) is 32.8 Å². The quantitative estimate of drug-likeness (QED) is 0.335. The number of piperazine rings is 1. The van der Waals surface area contributed by atoms with Crippen LogP contribution in [0.15, 0.2) is 41.4 Å². The molecule has 5 nitrogen and oxygen atoms in total. The summed E-state index contributed by atoms with van der Waals surface area (Å²) < 4.78 is 0. The summed E-state index contributed by atoms with van der Waals surface area (Å²) in [5, 5.41) is 3.51. The van der Waals surface area contributed by atoms with E-state index in [0.717, 1.165) is 45.1 Å². The molecule has 0 bridgehead atoms. The molecule has 0 spiro atoms. The van der Waals surface area contributed by atoms with Gasteiger partial charge in [0.05, 0.1) is 0 Å². The summed E-state index contributed by atoms with van der Waals surface area (Å²) in [5.74, 6) is 1.65. The molecule has 0 radical (unpaired) electrons. The van der Waals surface area contributed by atoms with Crippen LogP contribution in [0.3, 0.4) is 0 Å². The van der Waals surface area contributed by atoms with Crippen molar-refractivity contribution in [3.63, 3.8) is 0 Å². The van der Waals surface area contributed by atoms with E-state index in [2.05, 4.69) is 77.2 Å². The Labute approximate surface area is 200 Å². The number of nitrogens with one attached hydrogen (secondary N) is 1. The highest BCUT2D eigenvalue weighted by molar-refractivity contribution is 14.0. The molecule has 0 aliphatic carbocycles. The van der Waals surface area contributed by atoms with Crippen molar-refractivity contribution in [2.24, 2.45) is 10.9 Å². The predicted octanol–water partition coefficient (Wildman–Crippen LogP) is 3.63. The Morgan fingerprint density at radius 2 is 1.73 bits per heavy atom. The Balaban J connectivity index is 0.00000320. The van der Waals surface area contributed by atoms with Gasteiger partial charge in [-0.25, -0.2) is 0 Å². The van der Waals surface area contributed by atoms with Crippen LogP contribution in [-0.4, -0.2) is 86.1 Å². The fourth-order valence-corrected chi connectivity index (χ4v) is 4.23. The van der Waals surface area contributed by atoms with E-state index >= 15 is 0 Å². The zero-order chi connectivity index (χ0) is 20.5.